The third-order valence-electron chi connectivity index (χ3n) is 6.08. The van der Waals surface area contributed by atoms with Gasteiger partial charge >= 0.3 is 0 Å². The average Bonchev–Trinajstić information content (AvgIpc) is 2.91. The van der Waals surface area contributed by atoms with Crippen LogP contribution in [0.2, 0.25) is 5.02 Å². The number of carbonyl (C=O) groups excluding carboxylic acids is 1. The Morgan fingerprint density at radius 3 is 2.14 bits per heavy atom. The van der Waals surface area contributed by atoms with E-state index in [0.29, 0.717) is 32.0 Å². The highest BCUT2D eigenvalue weighted by atomic mass is 35.5. The van der Waals surface area contributed by atoms with Gasteiger partial charge in [0.25, 0.3) is 11.6 Å². The monoisotopic (exact) mass is 561 g/mol. The van der Waals surface area contributed by atoms with Gasteiger partial charge in [0.1, 0.15) is 16.4 Å². The number of carbonyl (C=O) groups is 1. The number of piperazine rings is 1. The molecule has 2 heterocycles. The molecule has 198 valence electrons. The van der Waals surface area contributed by atoms with Crippen molar-refractivity contribution in [2.24, 2.45) is 0 Å². The number of anilines is 2. The Morgan fingerprint density at radius 2 is 1.57 bits per heavy atom. The van der Waals surface area contributed by atoms with E-state index in [1.807, 2.05) is 0 Å². The number of ether oxygens (including phenoxy) is 1. The summed E-state index contributed by atoms with van der Waals surface area (Å²) in [4.78, 5) is 28.3. The number of thiocarbonyl (C=S) groups is 1. The van der Waals surface area contributed by atoms with Gasteiger partial charge in [-0.15, -0.1) is 0 Å². The molecule has 0 atom stereocenters. The van der Waals surface area contributed by atoms with Gasteiger partial charge in [0.15, 0.2) is 28.4 Å². The van der Waals surface area contributed by atoms with E-state index in [0.717, 1.165) is 11.0 Å². The molecule has 37 heavy (non-hydrogen) atoms. The maximum atomic E-state index is 14.3. The van der Waals surface area contributed by atoms with E-state index >= 15 is 0 Å². The van der Waals surface area contributed by atoms with Crippen molar-refractivity contribution < 1.29 is 32.0 Å². The summed E-state index contributed by atoms with van der Waals surface area (Å²) < 4.78 is 61.5. The van der Waals surface area contributed by atoms with Crippen LogP contribution >= 0.6 is 23.8 Å². The van der Waals surface area contributed by atoms with Crippen LogP contribution in [0.15, 0.2) is 18.2 Å². The van der Waals surface area contributed by atoms with Crippen LogP contribution in [-0.4, -0.2) is 73.3 Å². The number of morpholine rings is 1. The quantitative estimate of drug-likeness (QED) is 0.152. The summed E-state index contributed by atoms with van der Waals surface area (Å²) in [6.07, 6.45) is 0. The standard InChI is InChI=1S/C22H20ClF4N5O4S/c23-15-16(24)18(26)20(19(27)17(15)25)30-3-5-31(6-4-30)22(37)28-21(33)12-1-2-13(14(11-12)32(34)35)29-7-9-36-10-8-29/h1-2,11H,3-10H2,(H,28,33,37). The molecule has 0 radical (unpaired) electrons. The second-order valence-electron chi connectivity index (χ2n) is 8.21. The van der Waals surface area contributed by atoms with E-state index < -0.39 is 44.8 Å². The molecule has 2 fully saturated rings. The van der Waals surface area contributed by atoms with Crippen molar-refractivity contribution in [3.8, 4) is 0 Å². The summed E-state index contributed by atoms with van der Waals surface area (Å²) >= 11 is 10.5. The number of hydrogen-bond acceptors (Lipinski definition) is 7. The predicted octanol–water partition coefficient (Wildman–Crippen LogP) is 3.48. The van der Waals surface area contributed by atoms with Gasteiger partial charge in [0.05, 0.1) is 18.1 Å². The summed E-state index contributed by atoms with van der Waals surface area (Å²) in [6, 6.07) is 4.10. The zero-order chi connectivity index (χ0) is 26.9. The second-order valence-corrected chi connectivity index (χ2v) is 8.98. The smallest absolute Gasteiger partial charge is 0.293 e. The fourth-order valence-electron chi connectivity index (χ4n) is 4.14. The van der Waals surface area contributed by atoms with Crippen molar-refractivity contribution in [3.63, 3.8) is 0 Å². The van der Waals surface area contributed by atoms with E-state index in [9.17, 15) is 32.5 Å². The van der Waals surface area contributed by atoms with Crippen LogP contribution in [0.4, 0.5) is 34.6 Å². The Morgan fingerprint density at radius 1 is 0.973 bits per heavy atom. The normalized spacial score (nSPS) is 16.1. The van der Waals surface area contributed by atoms with Gasteiger partial charge < -0.3 is 19.4 Å². The fraction of sp³-hybridized carbons (Fsp3) is 0.364. The summed E-state index contributed by atoms with van der Waals surface area (Å²) in [5.41, 5.74) is -0.721. The molecule has 2 aliphatic rings. The Bertz CT molecular complexity index is 1230. The largest absolute Gasteiger partial charge is 0.378 e. The lowest BCUT2D eigenvalue weighted by molar-refractivity contribution is -0.384. The van der Waals surface area contributed by atoms with Crippen molar-refractivity contribution in [1.29, 1.82) is 0 Å². The molecule has 2 aromatic carbocycles. The number of nitrogens with one attached hydrogen (secondary N) is 1. The number of nitro benzene ring substituents is 1. The molecule has 1 N–H and O–H groups in total. The number of hydrogen-bond donors (Lipinski definition) is 1. The Balaban J connectivity index is 1.42. The van der Waals surface area contributed by atoms with E-state index in [4.69, 9.17) is 28.6 Å². The van der Waals surface area contributed by atoms with Gasteiger partial charge in [0.2, 0.25) is 0 Å². The first-order valence-corrected chi connectivity index (χ1v) is 11.9. The van der Waals surface area contributed by atoms with Crippen molar-refractivity contribution in [3.05, 3.63) is 62.2 Å². The number of benzene rings is 2. The lowest BCUT2D eigenvalue weighted by Crippen LogP contribution is -2.53. The lowest BCUT2D eigenvalue weighted by atomic mass is 10.1. The number of rotatable bonds is 4. The molecule has 15 heteroatoms. The minimum Gasteiger partial charge on any atom is -0.378 e. The van der Waals surface area contributed by atoms with Crippen LogP contribution in [0.25, 0.3) is 0 Å². The first kappa shape index (κ1) is 26.8. The van der Waals surface area contributed by atoms with Crippen LogP contribution < -0.4 is 15.1 Å². The van der Waals surface area contributed by atoms with Crippen molar-refractivity contribution in [1.82, 2.24) is 10.2 Å². The highest BCUT2D eigenvalue weighted by Gasteiger charge is 2.31. The molecule has 9 nitrogen and oxygen atoms in total. The molecular weight excluding hydrogens is 542 g/mol. The Kier molecular flexibility index (Phi) is 7.99. The maximum Gasteiger partial charge on any atom is 0.293 e. The molecular formula is C22H20ClF4N5O4S. The first-order valence-electron chi connectivity index (χ1n) is 11.1. The van der Waals surface area contributed by atoms with Gasteiger partial charge in [-0.05, 0) is 24.4 Å². The zero-order valence-corrected chi connectivity index (χ0v) is 20.7. The SMILES string of the molecule is O=C(NC(=S)N1CCN(c2c(F)c(F)c(Cl)c(F)c2F)CC1)c1ccc(N2CCOCC2)c([N+](=O)[O-])c1. The summed E-state index contributed by atoms with van der Waals surface area (Å²) in [5, 5.41) is 12.8. The highest BCUT2D eigenvalue weighted by Crippen LogP contribution is 2.34. The molecule has 0 bridgehead atoms. The van der Waals surface area contributed by atoms with Gasteiger partial charge in [-0.25, -0.2) is 17.6 Å². The number of halogens is 5. The van der Waals surface area contributed by atoms with Crippen LogP contribution in [0.3, 0.4) is 0 Å². The Hall–Kier alpha value is -3.23. The molecule has 1 amide bonds. The van der Waals surface area contributed by atoms with E-state index in [1.165, 1.54) is 17.0 Å². The van der Waals surface area contributed by atoms with E-state index in [2.05, 4.69) is 5.32 Å². The molecule has 2 saturated heterocycles. The minimum atomic E-state index is -1.69. The average molecular weight is 562 g/mol. The Labute approximate surface area is 218 Å². The molecule has 0 unspecified atom stereocenters. The van der Waals surface area contributed by atoms with Gasteiger partial charge in [-0.1, -0.05) is 11.6 Å². The number of amides is 1. The summed E-state index contributed by atoms with van der Waals surface area (Å²) in [6.45, 7) is 1.83. The predicted molar refractivity (Wildman–Crippen MR) is 131 cm³/mol. The van der Waals surface area contributed by atoms with Crippen molar-refractivity contribution in [2.45, 2.75) is 0 Å². The topological polar surface area (TPSA) is 91.2 Å². The zero-order valence-electron chi connectivity index (χ0n) is 19.1. The van der Waals surface area contributed by atoms with Gasteiger partial charge in [-0.3, -0.25) is 20.2 Å². The van der Waals surface area contributed by atoms with Gasteiger partial charge in [0, 0.05) is 50.9 Å². The maximum absolute atomic E-state index is 14.3. The van der Waals surface area contributed by atoms with Crippen molar-refractivity contribution >= 4 is 51.9 Å². The minimum absolute atomic E-state index is 0.0148. The molecule has 0 saturated carbocycles. The summed E-state index contributed by atoms with van der Waals surface area (Å²) in [5.74, 6) is -7.25. The molecule has 2 aromatic rings. The van der Waals surface area contributed by atoms with Crippen LogP contribution in [0.1, 0.15) is 10.4 Å². The van der Waals surface area contributed by atoms with E-state index in [1.54, 1.807) is 4.90 Å². The third kappa shape index (κ3) is 5.40. The molecule has 4 rings (SSSR count). The first-order chi connectivity index (χ1) is 17.6. The number of nitrogens with zero attached hydrogens (tertiary/aromatic N) is 4. The van der Waals surface area contributed by atoms with Crippen LogP contribution in [0, 0.1) is 33.4 Å². The highest BCUT2D eigenvalue weighted by molar-refractivity contribution is 7.80. The molecule has 2 aliphatic heterocycles. The number of nitro groups is 1. The van der Waals surface area contributed by atoms with E-state index in [-0.39, 0.29) is 42.5 Å². The van der Waals surface area contributed by atoms with Gasteiger partial charge in [-0.2, -0.15) is 0 Å². The second kappa shape index (κ2) is 11.0. The molecule has 0 aliphatic carbocycles. The summed E-state index contributed by atoms with van der Waals surface area (Å²) in [7, 11) is 0. The fourth-order valence-corrected chi connectivity index (χ4v) is 4.58. The molecule has 0 spiro atoms. The molecule has 0 aromatic heterocycles. The lowest BCUT2D eigenvalue weighted by Gasteiger charge is -2.37. The van der Waals surface area contributed by atoms with Crippen LogP contribution in [0.5, 0.6) is 0 Å². The third-order valence-corrected chi connectivity index (χ3v) is 6.77. The van der Waals surface area contributed by atoms with Crippen LogP contribution in [-0.2, 0) is 4.74 Å². The van der Waals surface area contributed by atoms with Crippen molar-refractivity contribution in [2.75, 3.05) is 62.3 Å².